The highest BCUT2D eigenvalue weighted by molar-refractivity contribution is 5.57. The number of fused-ring (bicyclic) bond motifs is 1. The number of anilines is 1. The summed E-state index contributed by atoms with van der Waals surface area (Å²) in [6.45, 7) is 3.77. The zero-order valence-electron chi connectivity index (χ0n) is 10.3. The number of unbranched alkanes of at least 4 members (excludes halogenated alkanes) is 1. The zero-order valence-corrected chi connectivity index (χ0v) is 10.3. The molecule has 0 fully saturated rings. The monoisotopic (exact) mass is 237 g/mol. The van der Waals surface area contributed by atoms with E-state index in [1.807, 2.05) is 13.0 Å². The molecule has 0 saturated heterocycles. The molecule has 0 amide bonds. The van der Waals surface area contributed by atoms with Gasteiger partial charge in [-0.15, -0.1) is 0 Å². The van der Waals surface area contributed by atoms with E-state index in [2.05, 4.69) is 4.90 Å². The number of hydrogen-bond acceptors (Lipinski definition) is 2. The molecule has 1 heterocycles. The van der Waals surface area contributed by atoms with Crippen molar-refractivity contribution in [1.29, 1.82) is 0 Å². The molecule has 2 nitrogen and oxygen atoms in total. The van der Waals surface area contributed by atoms with E-state index in [0.29, 0.717) is 0 Å². The van der Waals surface area contributed by atoms with Gasteiger partial charge in [-0.1, -0.05) is 6.07 Å². The van der Waals surface area contributed by atoms with Gasteiger partial charge in [0.15, 0.2) is 0 Å². The number of aliphatic hydroxyl groups is 1. The van der Waals surface area contributed by atoms with Crippen LogP contribution in [0.25, 0.3) is 0 Å². The second-order valence-electron chi connectivity index (χ2n) is 4.85. The third kappa shape index (κ3) is 3.19. The van der Waals surface area contributed by atoms with Crippen LogP contribution < -0.4 is 4.90 Å². The van der Waals surface area contributed by atoms with Crippen LogP contribution >= 0.6 is 0 Å². The van der Waals surface area contributed by atoms with Gasteiger partial charge >= 0.3 is 0 Å². The predicted octanol–water partition coefficient (Wildman–Crippen LogP) is 2.74. The number of benzene rings is 1. The molecule has 0 aromatic heterocycles. The second kappa shape index (κ2) is 5.50. The molecular formula is C14H20FNO. The number of halogens is 1. The Labute approximate surface area is 102 Å². The topological polar surface area (TPSA) is 23.5 Å². The summed E-state index contributed by atoms with van der Waals surface area (Å²) in [6, 6.07) is 5.06. The van der Waals surface area contributed by atoms with Crippen LogP contribution in [0.5, 0.6) is 0 Å². The Bertz CT molecular complexity index is 378. The van der Waals surface area contributed by atoms with Gasteiger partial charge in [0.05, 0.1) is 6.10 Å². The van der Waals surface area contributed by atoms with Crippen molar-refractivity contribution in [3.8, 4) is 0 Å². The van der Waals surface area contributed by atoms with Crippen molar-refractivity contribution in [2.24, 2.45) is 0 Å². The maximum absolute atomic E-state index is 13.2. The molecule has 1 aliphatic rings. The Morgan fingerprint density at radius 3 is 3.00 bits per heavy atom. The van der Waals surface area contributed by atoms with E-state index in [-0.39, 0.29) is 11.9 Å². The van der Waals surface area contributed by atoms with E-state index < -0.39 is 0 Å². The van der Waals surface area contributed by atoms with E-state index in [4.69, 9.17) is 0 Å². The zero-order chi connectivity index (χ0) is 12.3. The molecule has 0 saturated carbocycles. The minimum atomic E-state index is -0.210. The quantitative estimate of drug-likeness (QED) is 0.796. The molecule has 1 unspecified atom stereocenters. The van der Waals surface area contributed by atoms with Gasteiger partial charge in [-0.25, -0.2) is 4.39 Å². The van der Waals surface area contributed by atoms with Crippen LogP contribution in [-0.2, 0) is 6.42 Å². The number of hydrogen-bond donors (Lipinski definition) is 1. The first kappa shape index (κ1) is 12.4. The smallest absolute Gasteiger partial charge is 0.125 e. The number of nitrogens with zero attached hydrogens (tertiary/aromatic N) is 1. The SMILES string of the molecule is CC(O)CCCCN1CCc2ccc(F)cc21. The highest BCUT2D eigenvalue weighted by Gasteiger charge is 2.18. The van der Waals surface area contributed by atoms with Crippen molar-refractivity contribution in [2.45, 2.75) is 38.7 Å². The lowest BCUT2D eigenvalue weighted by molar-refractivity contribution is 0.181. The number of aliphatic hydroxyl groups excluding tert-OH is 1. The van der Waals surface area contributed by atoms with Crippen LogP contribution in [0.4, 0.5) is 10.1 Å². The first-order chi connectivity index (χ1) is 8.16. The lowest BCUT2D eigenvalue weighted by Crippen LogP contribution is -2.21. The fourth-order valence-corrected chi connectivity index (χ4v) is 2.39. The summed E-state index contributed by atoms with van der Waals surface area (Å²) in [5.74, 6) is -0.153. The normalized spacial score (nSPS) is 16.1. The summed E-state index contributed by atoms with van der Waals surface area (Å²) in [5, 5.41) is 9.18. The minimum absolute atomic E-state index is 0.153. The minimum Gasteiger partial charge on any atom is -0.393 e. The van der Waals surface area contributed by atoms with Gasteiger partial charge in [0.1, 0.15) is 5.82 Å². The molecule has 0 spiro atoms. The van der Waals surface area contributed by atoms with Crippen molar-refractivity contribution in [1.82, 2.24) is 0 Å². The fourth-order valence-electron chi connectivity index (χ4n) is 2.39. The Morgan fingerprint density at radius 1 is 1.41 bits per heavy atom. The van der Waals surface area contributed by atoms with E-state index in [1.54, 1.807) is 6.07 Å². The van der Waals surface area contributed by atoms with Crippen LogP contribution in [0.1, 0.15) is 31.7 Å². The third-order valence-electron chi connectivity index (χ3n) is 3.34. The predicted molar refractivity (Wildman–Crippen MR) is 67.8 cm³/mol. The molecule has 0 bridgehead atoms. The molecular weight excluding hydrogens is 217 g/mol. The Morgan fingerprint density at radius 2 is 2.24 bits per heavy atom. The van der Waals surface area contributed by atoms with Crippen molar-refractivity contribution < 1.29 is 9.50 Å². The third-order valence-corrected chi connectivity index (χ3v) is 3.34. The molecule has 1 aromatic carbocycles. The molecule has 2 rings (SSSR count). The van der Waals surface area contributed by atoms with Crippen LogP contribution in [0.15, 0.2) is 18.2 Å². The van der Waals surface area contributed by atoms with E-state index in [1.165, 1.54) is 11.6 Å². The molecule has 94 valence electrons. The van der Waals surface area contributed by atoms with Crippen molar-refractivity contribution in [2.75, 3.05) is 18.0 Å². The van der Waals surface area contributed by atoms with Crippen molar-refractivity contribution in [3.63, 3.8) is 0 Å². The van der Waals surface area contributed by atoms with E-state index >= 15 is 0 Å². The molecule has 17 heavy (non-hydrogen) atoms. The Balaban J connectivity index is 1.86. The molecule has 3 heteroatoms. The Hall–Kier alpha value is -1.09. The van der Waals surface area contributed by atoms with E-state index in [9.17, 15) is 9.50 Å². The van der Waals surface area contributed by atoms with E-state index in [0.717, 1.165) is 44.5 Å². The summed E-state index contributed by atoms with van der Waals surface area (Å²) in [4.78, 5) is 2.25. The standard InChI is InChI=1S/C14H20FNO/c1-11(17)4-2-3-8-16-9-7-12-5-6-13(15)10-14(12)16/h5-6,10-11,17H,2-4,7-9H2,1H3. The summed E-state index contributed by atoms with van der Waals surface area (Å²) in [5.41, 5.74) is 2.31. The van der Waals surface area contributed by atoms with Gasteiger partial charge in [0.25, 0.3) is 0 Å². The Kier molecular flexibility index (Phi) is 4.00. The van der Waals surface area contributed by atoms with Gasteiger partial charge < -0.3 is 10.0 Å². The highest BCUT2D eigenvalue weighted by atomic mass is 19.1. The van der Waals surface area contributed by atoms with Crippen LogP contribution in [0.3, 0.4) is 0 Å². The number of rotatable bonds is 5. The van der Waals surface area contributed by atoms with Gasteiger partial charge in [0.2, 0.25) is 0 Å². The maximum atomic E-state index is 13.2. The highest BCUT2D eigenvalue weighted by Crippen LogP contribution is 2.28. The molecule has 1 aromatic rings. The molecule has 1 atom stereocenters. The summed E-state index contributed by atoms with van der Waals surface area (Å²) < 4.78 is 13.2. The van der Waals surface area contributed by atoms with Gasteiger partial charge in [-0.2, -0.15) is 0 Å². The molecule has 0 aliphatic carbocycles. The summed E-state index contributed by atoms with van der Waals surface area (Å²) in [6.07, 6.45) is 3.74. The van der Waals surface area contributed by atoms with Gasteiger partial charge in [-0.3, -0.25) is 0 Å². The van der Waals surface area contributed by atoms with Crippen LogP contribution in [0, 0.1) is 5.82 Å². The average molecular weight is 237 g/mol. The largest absolute Gasteiger partial charge is 0.393 e. The van der Waals surface area contributed by atoms with Crippen molar-refractivity contribution >= 4 is 5.69 Å². The van der Waals surface area contributed by atoms with Gasteiger partial charge in [0, 0.05) is 18.8 Å². The average Bonchev–Trinajstić information content (AvgIpc) is 2.67. The lowest BCUT2D eigenvalue weighted by atomic mass is 10.1. The molecule has 1 aliphatic heterocycles. The van der Waals surface area contributed by atoms with Gasteiger partial charge in [-0.05, 0) is 50.3 Å². The summed E-state index contributed by atoms with van der Waals surface area (Å²) >= 11 is 0. The second-order valence-corrected chi connectivity index (χ2v) is 4.85. The maximum Gasteiger partial charge on any atom is 0.125 e. The lowest BCUT2D eigenvalue weighted by Gasteiger charge is -2.19. The molecule has 0 radical (unpaired) electrons. The first-order valence-corrected chi connectivity index (χ1v) is 6.38. The first-order valence-electron chi connectivity index (χ1n) is 6.38. The van der Waals surface area contributed by atoms with Crippen molar-refractivity contribution in [3.05, 3.63) is 29.6 Å². The van der Waals surface area contributed by atoms with Crippen LogP contribution in [0.2, 0.25) is 0 Å². The van der Waals surface area contributed by atoms with Crippen LogP contribution in [-0.4, -0.2) is 24.3 Å². The fraction of sp³-hybridized carbons (Fsp3) is 0.571. The summed E-state index contributed by atoms with van der Waals surface area (Å²) in [7, 11) is 0. The molecule has 1 N–H and O–H groups in total.